The van der Waals surface area contributed by atoms with Crippen molar-refractivity contribution in [1.29, 1.82) is 0 Å². The fourth-order valence-electron chi connectivity index (χ4n) is 2.36. The summed E-state index contributed by atoms with van der Waals surface area (Å²) in [6, 6.07) is 8.26. The van der Waals surface area contributed by atoms with Gasteiger partial charge in [0.1, 0.15) is 6.04 Å². The van der Waals surface area contributed by atoms with Gasteiger partial charge in [0, 0.05) is 11.5 Å². The Hall–Kier alpha value is -1.88. The normalized spacial score (nSPS) is 13.5. The quantitative estimate of drug-likeness (QED) is 0.841. The van der Waals surface area contributed by atoms with Gasteiger partial charge in [0.05, 0.1) is 7.11 Å². The van der Waals surface area contributed by atoms with Crippen LogP contribution in [0.25, 0.3) is 0 Å². The Kier molecular flexibility index (Phi) is 7.05. The summed E-state index contributed by atoms with van der Waals surface area (Å²) in [7, 11) is 1.24. The third-order valence-corrected chi connectivity index (χ3v) is 3.81. The van der Waals surface area contributed by atoms with Crippen LogP contribution >= 0.6 is 0 Å². The van der Waals surface area contributed by atoms with E-state index in [1.807, 2.05) is 5.32 Å². The van der Waals surface area contributed by atoms with Crippen LogP contribution in [0.4, 0.5) is 4.79 Å². The molecule has 5 heteroatoms. The van der Waals surface area contributed by atoms with Gasteiger partial charge in [-0.05, 0) is 18.9 Å². The molecule has 0 saturated carbocycles. The number of carbonyl (C=O) groups is 2. The third-order valence-electron chi connectivity index (χ3n) is 3.81. The number of benzene rings is 1. The molecule has 0 fully saturated rings. The van der Waals surface area contributed by atoms with Gasteiger partial charge in [0.15, 0.2) is 6.04 Å². The maximum absolute atomic E-state index is 12.0. The van der Waals surface area contributed by atoms with E-state index in [1.165, 1.54) is 18.2 Å². The number of rotatable bonds is 6. The van der Waals surface area contributed by atoms with Gasteiger partial charge in [0.25, 0.3) is 5.91 Å². The Morgan fingerprint density at radius 1 is 1.18 bits per heavy atom. The molecule has 22 heavy (non-hydrogen) atoms. The highest BCUT2D eigenvalue weighted by Crippen LogP contribution is 2.18. The first kappa shape index (κ1) is 18.2. The average Bonchev–Trinajstić information content (AvgIpc) is 2.51. The third kappa shape index (κ3) is 5.15. The number of hydrogen-bond acceptors (Lipinski definition) is 3. The van der Waals surface area contributed by atoms with Gasteiger partial charge in [-0.25, -0.2) is 4.79 Å². The standard InChI is InChI=1S/C17H26N2O3/c1-6-13-7-9-14(10-8-13)15(11(2)3)18-12(4)16(20)19-17(21)22-5/h7-12,15,18H,6H2,1-5H3,(H,19,20,21)/p+1/t12-,15-/m1/s1. The number of amides is 2. The molecule has 2 atom stereocenters. The molecule has 2 amide bonds. The molecule has 0 bridgehead atoms. The molecule has 0 heterocycles. The minimum atomic E-state index is -0.723. The number of imide groups is 1. The van der Waals surface area contributed by atoms with Crippen molar-refractivity contribution in [2.45, 2.75) is 46.2 Å². The molecule has 0 saturated heterocycles. The zero-order valence-electron chi connectivity index (χ0n) is 14.1. The van der Waals surface area contributed by atoms with Crippen molar-refractivity contribution >= 4 is 12.0 Å². The number of nitrogens with one attached hydrogen (secondary N) is 1. The molecule has 5 nitrogen and oxygen atoms in total. The van der Waals surface area contributed by atoms with Crippen molar-refractivity contribution < 1.29 is 19.6 Å². The minimum Gasteiger partial charge on any atom is -0.453 e. The monoisotopic (exact) mass is 307 g/mol. The molecular formula is C17H27N2O3+. The highest BCUT2D eigenvalue weighted by Gasteiger charge is 2.26. The predicted molar refractivity (Wildman–Crippen MR) is 85.3 cm³/mol. The molecule has 0 aliphatic rings. The highest BCUT2D eigenvalue weighted by atomic mass is 16.5. The van der Waals surface area contributed by atoms with E-state index in [2.05, 4.69) is 55.1 Å². The first-order chi connectivity index (χ1) is 10.4. The Morgan fingerprint density at radius 3 is 2.23 bits per heavy atom. The summed E-state index contributed by atoms with van der Waals surface area (Å²) in [5.74, 6) is 0.0172. The van der Waals surface area contributed by atoms with Gasteiger partial charge < -0.3 is 10.1 Å². The smallest absolute Gasteiger partial charge is 0.413 e. The molecule has 122 valence electrons. The SMILES string of the molecule is CCc1ccc([C@H]([NH2+][C@H](C)C(=O)NC(=O)OC)C(C)C)cc1. The fourth-order valence-corrected chi connectivity index (χ4v) is 2.36. The number of ether oxygens (including phenoxy) is 1. The van der Waals surface area contributed by atoms with Crippen LogP contribution in [0.1, 0.15) is 44.9 Å². The van der Waals surface area contributed by atoms with Crippen molar-refractivity contribution in [2.24, 2.45) is 5.92 Å². The van der Waals surface area contributed by atoms with Crippen LogP contribution in [-0.2, 0) is 16.0 Å². The van der Waals surface area contributed by atoms with Crippen molar-refractivity contribution in [3.63, 3.8) is 0 Å². The highest BCUT2D eigenvalue weighted by molar-refractivity contribution is 5.93. The zero-order valence-corrected chi connectivity index (χ0v) is 14.1. The first-order valence-electron chi connectivity index (χ1n) is 7.71. The first-order valence-corrected chi connectivity index (χ1v) is 7.71. The maximum Gasteiger partial charge on any atom is 0.413 e. The van der Waals surface area contributed by atoms with Crippen molar-refractivity contribution in [3.05, 3.63) is 35.4 Å². The van der Waals surface area contributed by atoms with E-state index in [1.54, 1.807) is 6.92 Å². The lowest BCUT2D eigenvalue weighted by Gasteiger charge is -2.23. The fraction of sp³-hybridized carbons (Fsp3) is 0.529. The van der Waals surface area contributed by atoms with E-state index >= 15 is 0 Å². The molecule has 1 rings (SSSR count). The zero-order chi connectivity index (χ0) is 16.7. The molecular weight excluding hydrogens is 280 g/mol. The van der Waals surface area contributed by atoms with Crippen molar-refractivity contribution in [1.82, 2.24) is 5.32 Å². The molecule has 0 spiro atoms. The van der Waals surface area contributed by atoms with E-state index in [4.69, 9.17) is 0 Å². The van der Waals surface area contributed by atoms with Crippen LogP contribution in [0, 0.1) is 5.92 Å². The Morgan fingerprint density at radius 2 is 1.77 bits per heavy atom. The number of aryl methyl sites for hydroxylation is 1. The van der Waals surface area contributed by atoms with Gasteiger partial charge in [-0.15, -0.1) is 0 Å². The number of quaternary nitrogens is 1. The molecule has 0 aromatic heterocycles. The van der Waals surface area contributed by atoms with Crippen LogP contribution in [0.3, 0.4) is 0 Å². The number of alkyl carbamates (subject to hydrolysis) is 1. The van der Waals surface area contributed by atoms with E-state index in [-0.39, 0.29) is 18.0 Å². The molecule has 0 unspecified atom stereocenters. The predicted octanol–water partition coefficient (Wildman–Crippen LogP) is 1.78. The minimum absolute atomic E-state index is 0.157. The lowest BCUT2D eigenvalue weighted by Crippen LogP contribution is -2.93. The summed E-state index contributed by atoms with van der Waals surface area (Å²) in [4.78, 5) is 23.1. The van der Waals surface area contributed by atoms with Crippen LogP contribution in [0.5, 0.6) is 0 Å². The van der Waals surface area contributed by atoms with E-state index in [0.717, 1.165) is 6.42 Å². The van der Waals surface area contributed by atoms with Crippen LogP contribution in [0.2, 0.25) is 0 Å². The number of methoxy groups -OCH3 is 1. The van der Waals surface area contributed by atoms with Gasteiger partial charge >= 0.3 is 6.09 Å². The van der Waals surface area contributed by atoms with Gasteiger partial charge in [-0.1, -0.05) is 45.0 Å². The van der Waals surface area contributed by atoms with Gasteiger partial charge in [-0.2, -0.15) is 0 Å². The topological polar surface area (TPSA) is 72.0 Å². The summed E-state index contributed by atoms with van der Waals surface area (Å²) in [5.41, 5.74) is 2.48. The second-order valence-corrected chi connectivity index (χ2v) is 5.83. The van der Waals surface area contributed by atoms with E-state index < -0.39 is 6.09 Å². The molecule has 0 aliphatic carbocycles. The molecule has 1 aromatic carbocycles. The lowest BCUT2D eigenvalue weighted by atomic mass is 9.94. The second kappa shape index (κ2) is 8.54. The summed E-state index contributed by atoms with van der Waals surface area (Å²) in [6.45, 7) is 8.16. The largest absolute Gasteiger partial charge is 0.453 e. The van der Waals surface area contributed by atoms with Crippen LogP contribution < -0.4 is 10.6 Å². The van der Waals surface area contributed by atoms with Crippen LogP contribution in [0.15, 0.2) is 24.3 Å². The van der Waals surface area contributed by atoms with Gasteiger partial charge in [0.2, 0.25) is 0 Å². The summed E-state index contributed by atoms with van der Waals surface area (Å²) in [5, 5.41) is 4.20. The number of hydrogen-bond donors (Lipinski definition) is 2. The molecule has 0 aliphatic heterocycles. The summed E-state index contributed by atoms with van der Waals surface area (Å²) >= 11 is 0. The van der Waals surface area contributed by atoms with Gasteiger partial charge in [-0.3, -0.25) is 10.1 Å². The summed E-state index contributed by atoms with van der Waals surface area (Å²) < 4.78 is 4.45. The van der Waals surface area contributed by atoms with Crippen LogP contribution in [-0.4, -0.2) is 25.2 Å². The Bertz CT molecular complexity index is 497. The number of nitrogens with two attached hydrogens (primary N) is 1. The lowest BCUT2D eigenvalue weighted by molar-refractivity contribution is -0.719. The van der Waals surface area contributed by atoms with Crippen molar-refractivity contribution in [2.75, 3.05) is 7.11 Å². The second-order valence-electron chi connectivity index (χ2n) is 5.83. The molecule has 0 radical (unpaired) electrons. The molecule has 1 aromatic rings. The summed E-state index contributed by atoms with van der Waals surface area (Å²) in [6.07, 6.45) is 0.285. The molecule has 3 N–H and O–H groups in total. The Labute approximate surface area is 132 Å². The Balaban J connectivity index is 2.78. The van der Waals surface area contributed by atoms with E-state index in [0.29, 0.717) is 5.92 Å². The maximum atomic E-state index is 12.0. The van der Waals surface area contributed by atoms with E-state index in [9.17, 15) is 9.59 Å². The number of carbonyl (C=O) groups excluding carboxylic acids is 2. The average molecular weight is 307 g/mol. The van der Waals surface area contributed by atoms with Crippen molar-refractivity contribution in [3.8, 4) is 0 Å².